The van der Waals surface area contributed by atoms with E-state index in [1.54, 1.807) is 25.6 Å². The summed E-state index contributed by atoms with van der Waals surface area (Å²) in [6.45, 7) is 5.19. The van der Waals surface area contributed by atoms with E-state index in [2.05, 4.69) is 53.3 Å². The quantitative estimate of drug-likeness (QED) is 0.772. The van der Waals surface area contributed by atoms with Gasteiger partial charge in [0, 0.05) is 37.6 Å². The summed E-state index contributed by atoms with van der Waals surface area (Å²) in [5.41, 5.74) is 4.15. The normalized spacial score (nSPS) is 28.4. The first kappa shape index (κ1) is 17.9. The van der Waals surface area contributed by atoms with Gasteiger partial charge in [0.1, 0.15) is 6.23 Å². The molecular weight excluding hydrogens is 342 g/mol. The van der Waals surface area contributed by atoms with Gasteiger partial charge in [-0.15, -0.1) is 11.3 Å². The highest BCUT2D eigenvalue weighted by Gasteiger charge is 2.45. The summed E-state index contributed by atoms with van der Waals surface area (Å²) in [6, 6.07) is 13.6. The predicted molar refractivity (Wildman–Crippen MR) is 108 cm³/mol. The molecule has 0 amide bonds. The molecule has 4 heteroatoms. The topological polar surface area (TPSA) is 21.7 Å². The number of aryl methyl sites for hydroxylation is 1. The second kappa shape index (κ2) is 7.65. The molecule has 0 radical (unpaired) electrons. The van der Waals surface area contributed by atoms with Gasteiger partial charge < -0.3 is 9.47 Å². The van der Waals surface area contributed by atoms with Crippen LogP contribution in [-0.2, 0) is 15.9 Å². The molecule has 3 nitrogen and oxygen atoms in total. The van der Waals surface area contributed by atoms with Gasteiger partial charge in [-0.05, 0) is 47.4 Å². The Hall–Kier alpha value is -1.46. The minimum absolute atomic E-state index is 0.0248. The lowest BCUT2D eigenvalue weighted by atomic mass is 9.73. The molecule has 0 saturated carbocycles. The third-order valence-electron chi connectivity index (χ3n) is 5.97. The number of methoxy groups -OCH3 is 2. The van der Waals surface area contributed by atoms with Crippen LogP contribution in [-0.4, -0.2) is 44.0 Å². The maximum absolute atomic E-state index is 5.93. The van der Waals surface area contributed by atoms with Crippen LogP contribution in [0.2, 0.25) is 0 Å². The first-order valence-corrected chi connectivity index (χ1v) is 10.2. The van der Waals surface area contributed by atoms with Gasteiger partial charge in [-0.25, -0.2) is 0 Å². The van der Waals surface area contributed by atoms with Crippen LogP contribution in [0.4, 0.5) is 0 Å². The van der Waals surface area contributed by atoms with E-state index in [1.165, 1.54) is 16.0 Å². The Bertz CT molecular complexity index is 757. The Morgan fingerprint density at radius 1 is 1.19 bits per heavy atom. The lowest BCUT2D eigenvalue weighted by Crippen LogP contribution is -2.59. The van der Waals surface area contributed by atoms with Gasteiger partial charge in [0.15, 0.2) is 0 Å². The van der Waals surface area contributed by atoms with Gasteiger partial charge in [-0.2, -0.15) is 0 Å². The summed E-state index contributed by atoms with van der Waals surface area (Å²) in [5.74, 6) is 0.493. The van der Waals surface area contributed by atoms with E-state index in [0.717, 1.165) is 31.4 Å². The highest BCUT2D eigenvalue weighted by Crippen LogP contribution is 2.44. The lowest BCUT2D eigenvalue weighted by Gasteiger charge is -2.51. The summed E-state index contributed by atoms with van der Waals surface area (Å²) >= 11 is 1.75. The van der Waals surface area contributed by atoms with Crippen molar-refractivity contribution in [2.24, 2.45) is 0 Å². The number of nitrogens with zero attached hydrogens (tertiary/aromatic N) is 1. The van der Waals surface area contributed by atoms with Crippen molar-refractivity contribution < 1.29 is 9.47 Å². The average molecular weight is 370 g/mol. The molecule has 2 aromatic rings. The van der Waals surface area contributed by atoms with Crippen molar-refractivity contribution in [3.63, 3.8) is 0 Å². The molecular formula is C22H27NO2S. The molecule has 1 aromatic carbocycles. The number of piperidine rings is 1. The van der Waals surface area contributed by atoms with E-state index in [-0.39, 0.29) is 12.3 Å². The van der Waals surface area contributed by atoms with Gasteiger partial charge in [-0.1, -0.05) is 36.9 Å². The number of likely N-dealkylation sites (tertiary alicyclic amines) is 1. The van der Waals surface area contributed by atoms with Gasteiger partial charge in [-0.3, -0.25) is 4.90 Å². The highest BCUT2D eigenvalue weighted by molar-refractivity contribution is 7.11. The number of hydrogen-bond donors (Lipinski definition) is 0. The van der Waals surface area contributed by atoms with Crippen LogP contribution in [0.15, 0.2) is 48.4 Å². The van der Waals surface area contributed by atoms with Crippen molar-refractivity contribution in [1.29, 1.82) is 0 Å². The first-order chi connectivity index (χ1) is 12.7. The SMILES string of the molecule is C=C(CN1C2CCc3ccccc3C2CC(OC)C1OC)c1cccs1. The molecule has 0 bridgehead atoms. The average Bonchev–Trinajstić information content (AvgIpc) is 3.22. The van der Waals surface area contributed by atoms with E-state index < -0.39 is 0 Å². The molecule has 2 aliphatic rings. The number of hydrogen-bond acceptors (Lipinski definition) is 4. The molecule has 0 N–H and O–H groups in total. The molecule has 4 unspecified atom stereocenters. The minimum Gasteiger partial charge on any atom is -0.377 e. The molecule has 1 aliphatic carbocycles. The van der Waals surface area contributed by atoms with Crippen LogP contribution in [0.1, 0.15) is 34.8 Å². The van der Waals surface area contributed by atoms with E-state index in [1.807, 2.05) is 0 Å². The zero-order valence-corrected chi connectivity index (χ0v) is 16.4. The summed E-state index contributed by atoms with van der Waals surface area (Å²) in [4.78, 5) is 3.76. The summed E-state index contributed by atoms with van der Waals surface area (Å²) < 4.78 is 11.8. The van der Waals surface area contributed by atoms with Gasteiger partial charge >= 0.3 is 0 Å². The van der Waals surface area contributed by atoms with Gasteiger partial charge in [0.05, 0.1) is 6.10 Å². The van der Waals surface area contributed by atoms with E-state index >= 15 is 0 Å². The van der Waals surface area contributed by atoms with Gasteiger partial charge in [0.2, 0.25) is 0 Å². The number of thiophene rings is 1. The van der Waals surface area contributed by atoms with Gasteiger partial charge in [0.25, 0.3) is 0 Å². The Labute approximate surface area is 160 Å². The van der Waals surface area contributed by atoms with Crippen molar-refractivity contribution in [3.05, 3.63) is 64.4 Å². The van der Waals surface area contributed by atoms with E-state index in [0.29, 0.717) is 12.0 Å². The maximum Gasteiger partial charge on any atom is 0.137 e. The summed E-state index contributed by atoms with van der Waals surface area (Å²) in [7, 11) is 3.60. The van der Waals surface area contributed by atoms with Crippen LogP contribution in [0.25, 0.3) is 5.57 Å². The predicted octanol–water partition coefficient (Wildman–Crippen LogP) is 4.55. The van der Waals surface area contributed by atoms with Crippen molar-refractivity contribution >= 4 is 16.9 Å². The molecule has 138 valence electrons. The molecule has 1 aliphatic heterocycles. The highest BCUT2D eigenvalue weighted by atomic mass is 32.1. The number of fused-ring (bicyclic) bond motifs is 3. The molecule has 1 aromatic heterocycles. The Kier molecular flexibility index (Phi) is 5.28. The second-order valence-corrected chi connectivity index (χ2v) is 8.25. The van der Waals surface area contributed by atoms with Crippen LogP contribution >= 0.6 is 11.3 Å². The molecule has 2 heterocycles. The van der Waals surface area contributed by atoms with Crippen molar-refractivity contribution in [2.45, 2.75) is 43.6 Å². The maximum atomic E-state index is 5.93. The van der Waals surface area contributed by atoms with Crippen LogP contribution < -0.4 is 0 Å². The largest absolute Gasteiger partial charge is 0.377 e. The van der Waals surface area contributed by atoms with Crippen molar-refractivity contribution in [2.75, 3.05) is 20.8 Å². The third kappa shape index (κ3) is 3.16. The fourth-order valence-electron chi connectivity index (χ4n) is 4.77. The number of rotatable bonds is 5. The molecule has 4 rings (SSSR count). The molecule has 0 spiro atoms. The van der Waals surface area contributed by atoms with Crippen molar-refractivity contribution in [3.8, 4) is 0 Å². The number of benzene rings is 1. The Morgan fingerprint density at radius 2 is 2.04 bits per heavy atom. The monoisotopic (exact) mass is 369 g/mol. The lowest BCUT2D eigenvalue weighted by molar-refractivity contribution is -0.162. The first-order valence-electron chi connectivity index (χ1n) is 9.33. The Morgan fingerprint density at radius 3 is 2.77 bits per heavy atom. The molecule has 26 heavy (non-hydrogen) atoms. The smallest absolute Gasteiger partial charge is 0.137 e. The van der Waals surface area contributed by atoms with Crippen molar-refractivity contribution in [1.82, 2.24) is 4.90 Å². The minimum atomic E-state index is -0.0248. The summed E-state index contributed by atoms with van der Waals surface area (Å²) in [6.07, 6.45) is 3.36. The fraction of sp³-hybridized carbons (Fsp3) is 0.455. The van der Waals surface area contributed by atoms with Crippen LogP contribution in [0.5, 0.6) is 0 Å². The zero-order chi connectivity index (χ0) is 18.1. The molecule has 1 fully saturated rings. The van der Waals surface area contributed by atoms with Crippen LogP contribution in [0, 0.1) is 0 Å². The fourth-order valence-corrected chi connectivity index (χ4v) is 5.46. The third-order valence-corrected chi connectivity index (χ3v) is 6.94. The number of ether oxygens (including phenoxy) is 2. The Balaban J connectivity index is 1.66. The molecule has 4 atom stereocenters. The standard InChI is InChI=1S/C22H27NO2S/c1-15(21-9-6-12-26-21)14-23-19-11-10-16-7-4-5-8-17(16)18(19)13-20(24-2)22(23)25-3/h4-9,12,18-20,22H,1,10-11,13-14H2,2-3H3. The van der Waals surface area contributed by atoms with E-state index in [4.69, 9.17) is 9.47 Å². The second-order valence-electron chi connectivity index (χ2n) is 7.30. The van der Waals surface area contributed by atoms with E-state index in [9.17, 15) is 0 Å². The molecule has 1 saturated heterocycles. The van der Waals surface area contributed by atoms with Crippen LogP contribution in [0.3, 0.4) is 0 Å². The zero-order valence-electron chi connectivity index (χ0n) is 15.6. The summed E-state index contributed by atoms with van der Waals surface area (Å²) in [5, 5.41) is 2.11.